The quantitative estimate of drug-likeness (QED) is 0.831. The first kappa shape index (κ1) is 14.1. The van der Waals surface area contributed by atoms with E-state index in [0.717, 1.165) is 12.8 Å². The van der Waals surface area contributed by atoms with Crippen molar-refractivity contribution in [2.45, 2.75) is 19.0 Å². The highest BCUT2D eigenvalue weighted by Gasteiger charge is 2.30. The normalized spacial score (nSPS) is 21.4. The van der Waals surface area contributed by atoms with Crippen molar-refractivity contribution in [1.82, 2.24) is 10.2 Å². The summed E-state index contributed by atoms with van der Waals surface area (Å²) in [7, 11) is 1.57. The smallest absolute Gasteiger partial charge is 0.384 e. The number of amides is 2. The molecule has 0 spiro atoms. The van der Waals surface area contributed by atoms with Gasteiger partial charge in [-0.05, 0) is 12.8 Å². The molecule has 0 aromatic carbocycles. The molecule has 1 rings (SSSR count). The summed E-state index contributed by atoms with van der Waals surface area (Å²) in [5, 5.41) is 1.88. The maximum atomic E-state index is 11.9. The summed E-state index contributed by atoms with van der Waals surface area (Å²) in [6.45, 7) is 0.210. The van der Waals surface area contributed by atoms with Gasteiger partial charge in [0.15, 0.2) is 0 Å². The Balaban J connectivity index is 2.36. The van der Waals surface area contributed by atoms with Crippen LogP contribution in [0.4, 0.5) is 18.0 Å². The van der Waals surface area contributed by atoms with Crippen LogP contribution in [0.5, 0.6) is 0 Å². The van der Waals surface area contributed by atoms with Gasteiger partial charge in [-0.15, -0.1) is 0 Å². The van der Waals surface area contributed by atoms with Gasteiger partial charge in [-0.3, -0.25) is 0 Å². The van der Waals surface area contributed by atoms with E-state index in [1.54, 1.807) is 7.11 Å². The predicted octanol–water partition coefficient (Wildman–Crippen LogP) is 1.62. The van der Waals surface area contributed by atoms with Crippen molar-refractivity contribution in [3.8, 4) is 0 Å². The molecule has 7 heteroatoms. The van der Waals surface area contributed by atoms with Gasteiger partial charge in [0.25, 0.3) is 0 Å². The maximum Gasteiger partial charge on any atom is 0.405 e. The Morgan fingerprint density at radius 2 is 2.24 bits per heavy atom. The van der Waals surface area contributed by atoms with E-state index in [1.807, 2.05) is 5.32 Å². The van der Waals surface area contributed by atoms with Crippen molar-refractivity contribution < 1.29 is 22.7 Å². The number of nitrogens with one attached hydrogen (secondary N) is 1. The summed E-state index contributed by atoms with van der Waals surface area (Å²) in [5.74, 6) is 0.213. The molecule has 0 aromatic heterocycles. The van der Waals surface area contributed by atoms with Crippen molar-refractivity contribution in [3.63, 3.8) is 0 Å². The molecule has 0 bridgehead atoms. The number of piperidine rings is 1. The molecular formula is C10H17F3N2O2. The SMILES string of the molecule is COCC1CCCN(C(=O)NCC(F)(F)F)C1. The van der Waals surface area contributed by atoms with Gasteiger partial charge in [0, 0.05) is 26.1 Å². The number of ether oxygens (including phenoxy) is 1. The van der Waals surface area contributed by atoms with Gasteiger partial charge in [-0.2, -0.15) is 13.2 Å². The molecule has 1 aliphatic heterocycles. The molecule has 1 N–H and O–H groups in total. The summed E-state index contributed by atoms with van der Waals surface area (Å²) in [5.41, 5.74) is 0. The van der Waals surface area contributed by atoms with E-state index in [9.17, 15) is 18.0 Å². The minimum absolute atomic E-state index is 0.213. The number of rotatable bonds is 3. The topological polar surface area (TPSA) is 41.6 Å². The van der Waals surface area contributed by atoms with Crippen LogP contribution >= 0.6 is 0 Å². The van der Waals surface area contributed by atoms with Crippen LogP contribution < -0.4 is 5.32 Å². The summed E-state index contributed by atoms with van der Waals surface area (Å²) >= 11 is 0. The van der Waals surface area contributed by atoms with Crippen LogP contribution in [-0.2, 0) is 4.74 Å². The molecule has 2 amide bonds. The second-order valence-corrected chi connectivity index (χ2v) is 4.18. The zero-order valence-corrected chi connectivity index (χ0v) is 9.72. The van der Waals surface area contributed by atoms with E-state index < -0.39 is 18.8 Å². The average molecular weight is 254 g/mol. The third kappa shape index (κ3) is 5.25. The maximum absolute atomic E-state index is 11.9. The fourth-order valence-electron chi connectivity index (χ4n) is 1.91. The molecule has 4 nitrogen and oxygen atoms in total. The molecule has 1 unspecified atom stereocenters. The molecular weight excluding hydrogens is 237 g/mol. The van der Waals surface area contributed by atoms with E-state index >= 15 is 0 Å². The van der Waals surface area contributed by atoms with Gasteiger partial charge in [-0.1, -0.05) is 0 Å². The zero-order chi connectivity index (χ0) is 12.9. The lowest BCUT2D eigenvalue weighted by molar-refractivity contribution is -0.123. The highest BCUT2D eigenvalue weighted by atomic mass is 19.4. The fourth-order valence-corrected chi connectivity index (χ4v) is 1.91. The summed E-state index contributed by atoms with van der Waals surface area (Å²) < 4.78 is 40.8. The van der Waals surface area contributed by atoms with Crippen LogP contribution in [0, 0.1) is 5.92 Å². The summed E-state index contributed by atoms with van der Waals surface area (Å²) in [6.07, 6.45) is -2.62. The Bertz CT molecular complexity index is 256. The number of hydrogen-bond donors (Lipinski definition) is 1. The highest BCUT2D eigenvalue weighted by molar-refractivity contribution is 5.74. The summed E-state index contributed by atoms with van der Waals surface area (Å²) in [4.78, 5) is 12.9. The number of likely N-dealkylation sites (tertiary alicyclic amines) is 1. The largest absolute Gasteiger partial charge is 0.405 e. The molecule has 1 aliphatic rings. The first-order chi connectivity index (χ1) is 7.92. The third-order valence-corrected chi connectivity index (χ3v) is 2.65. The van der Waals surface area contributed by atoms with Crippen LogP contribution in [0.3, 0.4) is 0 Å². The fraction of sp³-hybridized carbons (Fsp3) is 0.900. The molecule has 1 heterocycles. The average Bonchev–Trinajstić information content (AvgIpc) is 2.26. The van der Waals surface area contributed by atoms with Crippen molar-refractivity contribution in [1.29, 1.82) is 0 Å². The highest BCUT2D eigenvalue weighted by Crippen LogP contribution is 2.17. The number of carbonyl (C=O) groups excluding carboxylic acids is 1. The molecule has 17 heavy (non-hydrogen) atoms. The van der Waals surface area contributed by atoms with Crippen LogP contribution in [0.15, 0.2) is 0 Å². The van der Waals surface area contributed by atoms with Gasteiger partial charge < -0.3 is 15.0 Å². The predicted molar refractivity (Wildman–Crippen MR) is 55.6 cm³/mol. The Hall–Kier alpha value is -0.980. The number of methoxy groups -OCH3 is 1. The number of alkyl halides is 3. The number of urea groups is 1. The number of hydrogen-bond acceptors (Lipinski definition) is 2. The number of halogens is 3. The van der Waals surface area contributed by atoms with Crippen LogP contribution in [0.1, 0.15) is 12.8 Å². The molecule has 0 radical (unpaired) electrons. The molecule has 100 valence electrons. The van der Waals surface area contributed by atoms with Crippen LogP contribution in [-0.4, -0.2) is 50.5 Å². The van der Waals surface area contributed by atoms with Crippen LogP contribution in [0.25, 0.3) is 0 Å². The first-order valence-electron chi connectivity index (χ1n) is 5.51. The molecule has 0 aliphatic carbocycles. The van der Waals surface area contributed by atoms with E-state index in [2.05, 4.69) is 0 Å². The van der Waals surface area contributed by atoms with Crippen molar-refractivity contribution in [2.75, 3.05) is 33.4 Å². The second kappa shape index (κ2) is 6.09. The second-order valence-electron chi connectivity index (χ2n) is 4.18. The van der Waals surface area contributed by atoms with Crippen molar-refractivity contribution in [3.05, 3.63) is 0 Å². The molecule has 1 fully saturated rings. The zero-order valence-electron chi connectivity index (χ0n) is 9.72. The van der Waals surface area contributed by atoms with Gasteiger partial charge >= 0.3 is 12.2 Å². The van der Waals surface area contributed by atoms with Gasteiger partial charge in [0.1, 0.15) is 6.54 Å². The van der Waals surface area contributed by atoms with Gasteiger partial charge in [0.2, 0.25) is 0 Å². The molecule has 0 aromatic rings. The Morgan fingerprint density at radius 1 is 1.53 bits per heavy atom. The monoisotopic (exact) mass is 254 g/mol. The van der Waals surface area contributed by atoms with E-state index in [-0.39, 0.29) is 5.92 Å². The number of nitrogens with zero attached hydrogens (tertiary/aromatic N) is 1. The summed E-state index contributed by atoms with van der Waals surface area (Å²) in [6, 6.07) is -0.650. The lowest BCUT2D eigenvalue weighted by Gasteiger charge is -2.32. The van der Waals surface area contributed by atoms with Crippen molar-refractivity contribution >= 4 is 6.03 Å². The lowest BCUT2D eigenvalue weighted by atomic mass is 9.99. The van der Waals surface area contributed by atoms with E-state index in [1.165, 1.54) is 4.90 Å². The van der Waals surface area contributed by atoms with Crippen molar-refractivity contribution in [2.24, 2.45) is 5.92 Å². The van der Waals surface area contributed by atoms with Crippen LogP contribution in [0.2, 0.25) is 0 Å². The number of carbonyl (C=O) groups is 1. The van der Waals surface area contributed by atoms with Gasteiger partial charge in [0.05, 0.1) is 6.61 Å². The standard InChI is InChI=1S/C10H17F3N2O2/c1-17-6-8-3-2-4-15(5-8)9(16)14-7-10(11,12)13/h8H,2-7H2,1H3,(H,14,16). The first-order valence-corrected chi connectivity index (χ1v) is 5.51. The molecule has 0 saturated carbocycles. The minimum atomic E-state index is -4.36. The lowest BCUT2D eigenvalue weighted by Crippen LogP contribution is -2.48. The van der Waals surface area contributed by atoms with Gasteiger partial charge in [-0.25, -0.2) is 4.79 Å². The van der Waals surface area contributed by atoms with E-state index in [0.29, 0.717) is 19.7 Å². The Morgan fingerprint density at radius 3 is 2.82 bits per heavy atom. The van der Waals surface area contributed by atoms with E-state index in [4.69, 9.17) is 4.74 Å². The minimum Gasteiger partial charge on any atom is -0.384 e. The third-order valence-electron chi connectivity index (χ3n) is 2.65. The Labute approximate surface area is 98.1 Å². The molecule has 1 saturated heterocycles. The Kier molecular flexibility index (Phi) is 5.04. The molecule has 1 atom stereocenters.